The van der Waals surface area contributed by atoms with Crippen LogP contribution in [0.2, 0.25) is 0 Å². The molecule has 0 saturated carbocycles. The molecule has 0 bridgehead atoms. The van der Waals surface area contributed by atoms with Crippen LogP contribution in [-0.4, -0.2) is 32.4 Å². The lowest BCUT2D eigenvalue weighted by molar-refractivity contribution is 0.0956. The average molecular weight is 439 g/mol. The van der Waals surface area contributed by atoms with E-state index >= 15 is 0 Å². The number of furan rings is 1. The average Bonchev–Trinajstić information content (AvgIpc) is 3.11. The first kappa shape index (κ1) is 19.5. The number of hydrogen-bond acceptors (Lipinski definition) is 6. The number of aromatic nitrogens is 1. The molecular weight excluding hydrogens is 421 g/mol. The molecule has 0 radical (unpaired) electrons. The van der Waals surface area contributed by atoms with Crippen LogP contribution in [0, 0.1) is 12.7 Å². The van der Waals surface area contributed by atoms with Gasteiger partial charge in [-0.25, -0.2) is 17.5 Å². The maximum atomic E-state index is 14.5. The van der Waals surface area contributed by atoms with E-state index in [1.54, 1.807) is 37.5 Å². The van der Waals surface area contributed by atoms with Gasteiger partial charge in [0.15, 0.2) is 5.76 Å². The van der Waals surface area contributed by atoms with Gasteiger partial charge >= 0.3 is 5.91 Å². The van der Waals surface area contributed by atoms with Gasteiger partial charge < -0.3 is 9.32 Å². The van der Waals surface area contributed by atoms with Crippen molar-refractivity contribution in [1.29, 1.82) is 0 Å². The first-order valence-corrected chi connectivity index (χ1v) is 11.2. The van der Waals surface area contributed by atoms with Crippen LogP contribution in [-0.2, 0) is 10.0 Å². The lowest BCUT2D eigenvalue weighted by Crippen LogP contribution is -2.36. The van der Waals surface area contributed by atoms with Gasteiger partial charge in [-0.05, 0) is 31.0 Å². The quantitative estimate of drug-likeness (QED) is 0.521. The highest BCUT2D eigenvalue weighted by Crippen LogP contribution is 2.31. The molecule has 1 N–H and O–H groups in total. The second-order valence-corrected chi connectivity index (χ2v) is 9.19. The second-order valence-electron chi connectivity index (χ2n) is 7.54. The zero-order valence-electron chi connectivity index (χ0n) is 16.6. The number of rotatable bonds is 4. The third-order valence-electron chi connectivity index (χ3n) is 5.47. The standard InChI is InChI=1S/C22H18FN3O4S/c1-13-11-24-12-14-4-2-5-20(21(13)14)31(28,29)25-22(27)19-10-16-17(23)8-15(9-18(16)30-19)26-6-3-7-26/h2,4-5,8-12H,3,6-7H2,1H3,(H,25,27). The molecule has 2 aromatic carbocycles. The molecule has 1 fully saturated rings. The van der Waals surface area contributed by atoms with Crippen LogP contribution in [0.5, 0.6) is 0 Å². The fraction of sp³-hybridized carbons (Fsp3) is 0.182. The van der Waals surface area contributed by atoms with Crippen molar-refractivity contribution >= 4 is 43.4 Å². The molecule has 31 heavy (non-hydrogen) atoms. The van der Waals surface area contributed by atoms with E-state index in [1.165, 1.54) is 18.2 Å². The molecule has 1 aliphatic heterocycles. The maximum Gasteiger partial charge on any atom is 0.300 e. The minimum Gasteiger partial charge on any atom is -0.451 e. The van der Waals surface area contributed by atoms with E-state index < -0.39 is 21.7 Å². The summed E-state index contributed by atoms with van der Waals surface area (Å²) < 4.78 is 48.0. The van der Waals surface area contributed by atoms with Gasteiger partial charge in [-0.2, -0.15) is 0 Å². The van der Waals surface area contributed by atoms with Gasteiger partial charge in [-0.3, -0.25) is 9.78 Å². The molecule has 0 unspecified atom stereocenters. The Hall–Kier alpha value is -3.46. The van der Waals surface area contributed by atoms with Gasteiger partial charge in [0.2, 0.25) is 0 Å². The zero-order chi connectivity index (χ0) is 21.8. The minimum atomic E-state index is -4.21. The Balaban J connectivity index is 1.50. The Morgan fingerprint density at radius 2 is 2.00 bits per heavy atom. The molecule has 1 saturated heterocycles. The molecule has 0 atom stereocenters. The van der Waals surface area contributed by atoms with E-state index in [9.17, 15) is 17.6 Å². The zero-order valence-corrected chi connectivity index (χ0v) is 17.4. The van der Waals surface area contributed by atoms with E-state index in [2.05, 4.69) is 4.98 Å². The summed E-state index contributed by atoms with van der Waals surface area (Å²) in [6, 6.07) is 9.01. The summed E-state index contributed by atoms with van der Waals surface area (Å²) in [6.07, 6.45) is 4.15. The van der Waals surface area contributed by atoms with Crippen molar-refractivity contribution in [2.45, 2.75) is 18.2 Å². The first-order chi connectivity index (χ1) is 14.8. The third-order valence-corrected chi connectivity index (χ3v) is 6.84. The lowest BCUT2D eigenvalue weighted by atomic mass is 10.1. The maximum absolute atomic E-state index is 14.5. The monoisotopic (exact) mass is 439 g/mol. The number of carbonyl (C=O) groups is 1. The number of hydrogen-bond donors (Lipinski definition) is 1. The largest absolute Gasteiger partial charge is 0.451 e. The van der Waals surface area contributed by atoms with Gasteiger partial charge in [-0.15, -0.1) is 0 Å². The number of nitrogens with zero attached hydrogens (tertiary/aromatic N) is 2. The van der Waals surface area contributed by atoms with E-state index in [0.29, 0.717) is 22.0 Å². The molecular formula is C22H18FN3O4S. The van der Waals surface area contributed by atoms with Crippen molar-refractivity contribution in [3.8, 4) is 0 Å². The molecule has 158 valence electrons. The molecule has 7 nitrogen and oxygen atoms in total. The fourth-order valence-corrected chi connectivity index (χ4v) is 5.03. The summed E-state index contributed by atoms with van der Waals surface area (Å²) in [6.45, 7) is 3.41. The molecule has 3 heterocycles. The van der Waals surface area contributed by atoms with Gasteiger partial charge in [0, 0.05) is 54.1 Å². The molecule has 4 aromatic rings. The highest BCUT2D eigenvalue weighted by molar-refractivity contribution is 7.90. The third kappa shape index (κ3) is 3.31. The number of sulfonamides is 1. The lowest BCUT2D eigenvalue weighted by Gasteiger charge is -2.33. The summed E-state index contributed by atoms with van der Waals surface area (Å²) in [5, 5.41) is 1.24. The number of fused-ring (bicyclic) bond motifs is 2. The summed E-state index contributed by atoms with van der Waals surface area (Å²) in [7, 11) is -4.21. The van der Waals surface area contributed by atoms with Crippen molar-refractivity contribution in [2.75, 3.05) is 18.0 Å². The molecule has 0 aliphatic carbocycles. The molecule has 0 spiro atoms. The number of anilines is 1. The van der Waals surface area contributed by atoms with Gasteiger partial charge in [0.25, 0.3) is 10.0 Å². The van der Waals surface area contributed by atoms with Crippen LogP contribution in [0.4, 0.5) is 10.1 Å². The Kier molecular flexibility index (Phi) is 4.44. The molecule has 9 heteroatoms. The Morgan fingerprint density at radius 1 is 1.19 bits per heavy atom. The number of nitrogens with one attached hydrogen (secondary N) is 1. The normalized spacial score (nSPS) is 14.1. The van der Waals surface area contributed by atoms with Crippen molar-refractivity contribution in [3.63, 3.8) is 0 Å². The topological polar surface area (TPSA) is 92.5 Å². The fourth-order valence-electron chi connectivity index (χ4n) is 3.77. The first-order valence-electron chi connectivity index (χ1n) is 9.72. The van der Waals surface area contributed by atoms with Crippen molar-refractivity contribution < 1.29 is 22.0 Å². The molecule has 1 amide bonds. The second kappa shape index (κ2) is 7.05. The Bertz CT molecular complexity index is 1450. The summed E-state index contributed by atoms with van der Waals surface area (Å²) in [5.41, 5.74) is 1.52. The van der Waals surface area contributed by atoms with E-state index in [0.717, 1.165) is 19.5 Å². The Morgan fingerprint density at radius 3 is 2.74 bits per heavy atom. The van der Waals surface area contributed by atoms with Gasteiger partial charge in [0.05, 0.1) is 10.3 Å². The number of amides is 1. The highest BCUT2D eigenvalue weighted by atomic mass is 32.2. The van der Waals surface area contributed by atoms with Crippen LogP contribution in [0.15, 0.2) is 58.1 Å². The van der Waals surface area contributed by atoms with Crippen LogP contribution in [0.1, 0.15) is 22.5 Å². The van der Waals surface area contributed by atoms with Gasteiger partial charge in [0.1, 0.15) is 11.4 Å². The molecule has 5 rings (SSSR count). The minimum absolute atomic E-state index is 0.0411. The van der Waals surface area contributed by atoms with Gasteiger partial charge in [-0.1, -0.05) is 12.1 Å². The van der Waals surface area contributed by atoms with Crippen molar-refractivity contribution in [1.82, 2.24) is 9.71 Å². The summed E-state index contributed by atoms with van der Waals surface area (Å²) >= 11 is 0. The number of benzene rings is 2. The van der Waals surface area contributed by atoms with Crippen LogP contribution in [0.3, 0.4) is 0 Å². The number of pyridine rings is 1. The van der Waals surface area contributed by atoms with Crippen molar-refractivity contribution in [3.05, 3.63) is 65.9 Å². The van der Waals surface area contributed by atoms with E-state index in [4.69, 9.17) is 4.42 Å². The number of carbonyl (C=O) groups excluding carboxylic acids is 1. The molecule has 1 aliphatic rings. The van der Waals surface area contributed by atoms with Crippen LogP contribution in [0.25, 0.3) is 21.7 Å². The van der Waals surface area contributed by atoms with E-state index in [-0.39, 0.29) is 21.6 Å². The van der Waals surface area contributed by atoms with Crippen LogP contribution >= 0.6 is 0 Å². The smallest absolute Gasteiger partial charge is 0.300 e. The van der Waals surface area contributed by atoms with Crippen LogP contribution < -0.4 is 9.62 Å². The van der Waals surface area contributed by atoms with Crippen molar-refractivity contribution in [2.24, 2.45) is 0 Å². The predicted molar refractivity (Wildman–Crippen MR) is 114 cm³/mol. The molecule has 2 aromatic heterocycles. The number of halogens is 1. The summed E-state index contributed by atoms with van der Waals surface area (Å²) in [5.74, 6) is -1.77. The number of aryl methyl sites for hydroxylation is 1. The summed E-state index contributed by atoms with van der Waals surface area (Å²) in [4.78, 5) is 18.7. The van der Waals surface area contributed by atoms with E-state index in [1.807, 2.05) is 9.62 Å². The Labute approximate surface area is 177 Å². The highest BCUT2D eigenvalue weighted by Gasteiger charge is 2.25. The predicted octanol–water partition coefficient (Wildman–Crippen LogP) is 3.76. The SMILES string of the molecule is Cc1cncc2cccc(S(=O)(=O)NC(=O)c3cc4c(F)cc(N5CCC5)cc4o3)c12.